The van der Waals surface area contributed by atoms with Gasteiger partial charge < -0.3 is 5.32 Å². The predicted octanol–water partition coefficient (Wildman–Crippen LogP) is 2.56. The van der Waals surface area contributed by atoms with Gasteiger partial charge in [-0.05, 0) is 18.9 Å². The summed E-state index contributed by atoms with van der Waals surface area (Å²) in [5.74, 6) is 1.12. The minimum Gasteiger partial charge on any atom is -0.315 e. The Morgan fingerprint density at radius 1 is 1.27 bits per heavy atom. The van der Waals surface area contributed by atoms with E-state index in [1.807, 2.05) is 0 Å². The molecule has 0 unspecified atom stereocenters. The number of hydrogen-bond donors (Lipinski definition) is 1. The van der Waals surface area contributed by atoms with Gasteiger partial charge in [0, 0.05) is 6.04 Å². The molecule has 0 aromatic carbocycles. The van der Waals surface area contributed by atoms with Crippen LogP contribution in [0.15, 0.2) is 0 Å². The summed E-state index contributed by atoms with van der Waals surface area (Å²) < 4.78 is 0. The molecule has 1 fully saturated rings. The highest BCUT2D eigenvalue weighted by molar-refractivity contribution is 4.72. The third kappa shape index (κ3) is 5.25. The monoisotopic (exact) mass is 155 g/mol. The van der Waals surface area contributed by atoms with Crippen LogP contribution < -0.4 is 5.32 Å². The molecule has 0 spiro atoms. The van der Waals surface area contributed by atoms with Gasteiger partial charge in [0.25, 0.3) is 0 Å². The van der Waals surface area contributed by atoms with Gasteiger partial charge in [-0.25, -0.2) is 0 Å². The van der Waals surface area contributed by atoms with Crippen molar-refractivity contribution in [2.24, 2.45) is 5.92 Å². The Labute approximate surface area is 70.6 Å². The van der Waals surface area contributed by atoms with Crippen LogP contribution in [0.2, 0.25) is 0 Å². The fourth-order valence-electron chi connectivity index (χ4n) is 1.36. The highest BCUT2D eigenvalue weighted by Gasteiger charge is 2.19. The van der Waals surface area contributed by atoms with Crippen LogP contribution in [-0.2, 0) is 0 Å². The van der Waals surface area contributed by atoms with Gasteiger partial charge in [0.1, 0.15) is 0 Å². The Kier molecular flexibility index (Phi) is 3.92. The van der Waals surface area contributed by atoms with E-state index in [0.717, 1.165) is 5.92 Å². The van der Waals surface area contributed by atoms with Crippen LogP contribution in [0, 0.1) is 5.92 Å². The third-order valence-electron chi connectivity index (χ3n) is 2.29. The molecule has 0 aromatic heterocycles. The lowest BCUT2D eigenvalue weighted by Gasteiger charge is -2.06. The Bertz CT molecular complexity index is 91.0. The Morgan fingerprint density at radius 2 is 2.00 bits per heavy atom. The SMILES string of the molecule is CC(C)NCCCCC1CC1. The largest absolute Gasteiger partial charge is 0.315 e. The van der Waals surface area contributed by atoms with Crippen molar-refractivity contribution >= 4 is 0 Å². The molecule has 0 heterocycles. The normalized spacial score (nSPS) is 17.7. The van der Waals surface area contributed by atoms with Gasteiger partial charge in [-0.1, -0.05) is 39.5 Å². The zero-order valence-electron chi connectivity index (χ0n) is 7.90. The smallest absolute Gasteiger partial charge is 0.00103 e. The van der Waals surface area contributed by atoms with E-state index < -0.39 is 0 Å². The summed E-state index contributed by atoms with van der Waals surface area (Å²) in [5, 5.41) is 3.44. The standard InChI is InChI=1S/C10H21N/c1-9(2)11-8-4-3-5-10-6-7-10/h9-11H,3-8H2,1-2H3. The van der Waals surface area contributed by atoms with Crippen LogP contribution in [0.4, 0.5) is 0 Å². The number of hydrogen-bond acceptors (Lipinski definition) is 1. The van der Waals surface area contributed by atoms with Crippen molar-refractivity contribution in [2.45, 2.75) is 52.0 Å². The van der Waals surface area contributed by atoms with Crippen molar-refractivity contribution in [1.82, 2.24) is 5.32 Å². The molecule has 1 aliphatic rings. The summed E-state index contributed by atoms with van der Waals surface area (Å²) >= 11 is 0. The van der Waals surface area contributed by atoms with Gasteiger partial charge in [-0.2, -0.15) is 0 Å². The average molecular weight is 155 g/mol. The molecular weight excluding hydrogens is 134 g/mol. The summed E-state index contributed by atoms with van der Waals surface area (Å²) in [7, 11) is 0. The first-order chi connectivity index (χ1) is 5.29. The molecule has 0 bridgehead atoms. The predicted molar refractivity (Wildman–Crippen MR) is 49.7 cm³/mol. The second-order valence-electron chi connectivity index (χ2n) is 4.05. The molecular formula is C10H21N. The second-order valence-corrected chi connectivity index (χ2v) is 4.05. The third-order valence-corrected chi connectivity index (χ3v) is 2.29. The first-order valence-corrected chi connectivity index (χ1v) is 5.02. The topological polar surface area (TPSA) is 12.0 Å². The Balaban J connectivity index is 1.73. The summed E-state index contributed by atoms with van der Waals surface area (Å²) in [6.45, 7) is 5.63. The van der Waals surface area contributed by atoms with E-state index in [2.05, 4.69) is 19.2 Å². The maximum absolute atomic E-state index is 3.44. The van der Waals surface area contributed by atoms with E-state index in [9.17, 15) is 0 Å². The maximum atomic E-state index is 3.44. The van der Waals surface area contributed by atoms with Crippen LogP contribution in [0.5, 0.6) is 0 Å². The number of rotatable bonds is 6. The highest BCUT2D eigenvalue weighted by atomic mass is 14.9. The molecule has 0 aromatic rings. The summed E-state index contributed by atoms with van der Waals surface area (Å²) in [6.07, 6.45) is 7.31. The van der Waals surface area contributed by atoms with Gasteiger partial charge in [0.2, 0.25) is 0 Å². The molecule has 1 heteroatoms. The van der Waals surface area contributed by atoms with Crippen LogP contribution in [0.1, 0.15) is 46.0 Å². The lowest BCUT2D eigenvalue weighted by molar-refractivity contribution is 0.537. The first kappa shape index (κ1) is 9.05. The fourth-order valence-corrected chi connectivity index (χ4v) is 1.36. The van der Waals surface area contributed by atoms with Gasteiger partial charge in [0.05, 0.1) is 0 Å². The van der Waals surface area contributed by atoms with Crippen molar-refractivity contribution in [3.05, 3.63) is 0 Å². The van der Waals surface area contributed by atoms with Crippen molar-refractivity contribution in [2.75, 3.05) is 6.54 Å². The molecule has 0 saturated heterocycles. The van der Waals surface area contributed by atoms with Gasteiger partial charge in [0.15, 0.2) is 0 Å². The molecule has 11 heavy (non-hydrogen) atoms. The van der Waals surface area contributed by atoms with Gasteiger partial charge in [-0.15, -0.1) is 0 Å². The molecule has 0 atom stereocenters. The van der Waals surface area contributed by atoms with Crippen LogP contribution in [-0.4, -0.2) is 12.6 Å². The number of unbranched alkanes of at least 4 members (excludes halogenated alkanes) is 1. The van der Waals surface area contributed by atoms with E-state index >= 15 is 0 Å². The molecule has 0 aliphatic heterocycles. The first-order valence-electron chi connectivity index (χ1n) is 5.02. The lowest BCUT2D eigenvalue weighted by atomic mass is 10.2. The van der Waals surface area contributed by atoms with Crippen molar-refractivity contribution in [3.8, 4) is 0 Å². The van der Waals surface area contributed by atoms with Crippen molar-refractivity contribution < 1.29 is 0 Å². The van der Waals surface area contributed by atoms with E-state index in [4.69, 9.17) is 0 Å². The van der Waals surface area contributed by atoms with Gasteiger partial charge in [-0.3, -0.25) is 0 Å². The Morgan fingerprint density at radius 3 is 2.55 bits per heavy atom. The summed E-state index contributed by atoms with van der Waals surface area (Å²) in [5.41, 5.74) is 0. The van der Waals surface area contributed by atoms with E-state index in [0.29, 0.717) is 6.04 Å². The molecule has 0 radical (unpaired) electrons. The van der Waals surface area contributed by atoms with Crippen LogP contribution in [0.25, 0.3) is 0 Å². The number of nitrogens with one attached hydrogen (secondary N) is 1. The molecule has 1 nitrogen and oxygen atoms in total. The minimum absolute atomic E-state index is 0.663. The van der Waals surface area contributed by atoms with E-state index in [-0.39, 0.29) is 0 Å². The van der Waals surface area contributed by atoms with E-state index in [1.165, 1.54) is 38.6 Å². The Hall–Kier alpha value is -0.0400. The zero-order chi connectivity index (χ0) is 8.10. The fraction of sp³-hybridized carbons (Fsp3) is 1.00. The zero-order valence-corrected chi connectivity index (χ0v) is 7.90. The van der Waals surface area contributed by atoms with Crippen molar-refractivity contribution in [1.29, 1.82) is 0 Å². The van der Waals surface area contributed by atoms with Gasteiger partial charge >= 0.3 is 0 Å². The minimum atomic E-state index is 0.663. The molecule has 66 valence electrons. The average Bonchev–Trinajstić information content (AvgIpc) is 2.70. The lowest BCUT2D eigenvalue weighted by Crippen LogP contribution is -2.23. The van der Waals surface area contributed by atoms with Crippen LogP contribution in [0.3, 0.4) is 0 Å². The summed E-state index contributed by atoms with van der Waals surface area (Å²) in [4.78, 5) is 0. The maximum Gasteiger partial charge on any atom is 0.00103 e. The molecule has 1 rings (SSSR count). The molecule has 1 aliphatic carbocycles. The van der Waals surface area contributed by atoms with Crippen molar-refractivity contribution in [3.63, 3.8) is 0 Å². The summed E-state index contributed by atoms with van der Waals surface area (Å²) in [6, 6.07) is 0.663. The molecule has 0 amide bonds. The molecule has 1 saturated carbocycles. The quantitative estimate of drug-likeness (QED) is 0.581. The second kappa shape index (κ2) is 4.76. The highest BCUT2D eigenvalue weighted by Crippen LogP contribution is 2.33. The molecule has 1 N–H and O–H groups in total. The van der Waals surface area contributed by atoms with E-state index in [1.54, 1.807) is 0 Å². The van der Waals surface area contributed by atoms with Crippen LogP contribution >= 0.6 is 0 Å².